The van der Waals surface area contributed by atoms with Crippen LogP contribution in [0.15, 0.2) is 12.4 Å². The van der Waals surface area contributed by atoms with Gasteiger partial charge in [0.25, 0.3) is 0 Å². The van der Waals surface area contributed by atoms with Gasteiger partial charge in [-0.05, 0) is 13.8 Å². The van der Waals surface area contributed by atoms with Gasteiger partial charge in [0.1, 0.15) is 0 Å². The summed E-state index contributed by atoms with van der Waals surface area (Å²) < 4.78 is 2.01. The lowest BCUT2D eigenvalue weighted by atomic mass is 10.4. The van der Waals surface area contributed by atoms with Crippen LogP contribution in [0.25, 0.3) is 0 Å². The lowest BCUT2D eigenvalue weighted by Gasteiger charge is -2.09. The maximum atomic E-state index is 5.23. The van der Waals surface area contributed by atoms with Gasteiger partial charge in [-0.15, -0.1) is 6.42 Å². The number of nitrogens with zero attached hydrogens (tertiary/aromatic N) is 2. The molecule has 0 saturated heterocycles. The van der Waals surface area contributed by atoms with E-state index in [4.69, 9.17) is 6.42 Å². The van der Waals surface area contributed by atoms with Gasteiger partial charge in [-0.2, -0.15) is 0 Å². The Labute approximate surface area is 72.8 Å². The Morgan fingerprint density at radius 1 is 1.83 bits per heavy atom. The minimum Gasteiger partial charge on any atom is -0.342 e. The molecule has 0 radical (unpaired) electrons. The summed E-state index contributed by atoms with van der Waals surface area (Å²) in [6.07, 6.45) is 8.91. The smallest absolute Gasteiger partial charge is 0.203 e. The molecule has 3 heteroatoms. The Morgan fingerprint density at radius 3 is 3.17 bits per heavy atom. The van der Waals surface area contributed by atoms with Crippen LogP contribution >= 0.6 is 0 Å². The van der Waals surface area contributed by atoms with Gasteiger partial charge in [0, 0.05) is 18.9 Å². The van der Waals surface area contributed by atoms with Crippen molar-refractivity contribution in [3.63, 3.8) is 0 Å². The first kappa shape index (κ1) is 8.66. The van der Waals surface area contributed by atoms with Crippen molar-refractivity contribution < 1.29 is 0 Å². The molecule has 0 fully saturated rings. The SMILES string of the molecule is C#CC(C)Nc1nccn1CC. The molecule has 1 rings (SSSR count). The number of aryl methyl sites for hydroxylation is 1. The van der Waals surface area contributed by atoms with Crippen LogP contribution in [0.5, 0.6) is 0 Å². The minimum absolute atomic E-state index is 0.0256. The molecule has 0 saturated carbocycles. The number of rotatable bonds is 3. The van der Waals surface area contributed by atoms with E-state index >= 15 is 0 Å². The van der Waals surface area contributed by atoms with Crippen LogP contribution in [-0.4, -0.2) is 15.6 Å². The Kier molecular flexibility index (Phi) is 2.76. The molecule has 1 heterocycles. The lowest BCUT2D eigenvalue weighted by Crippen LogP contribution is -2.15. The third kappa shape index (κ3) is 1.79. The second-order valence-electron chi connectivity index (χ2n) is 2.57. The average Bonchev–Trinajstić information content (AvgIpc) is 2.51. The van der Waals surface area contributed by atoms with Crippen molar-refractivity contribution in [1.29, 1.82) is 0 Å². The molecule has 1 aromatic heterocycles. The Balaban J connectivity index is 2.69. The lowest BCUT2D eigenvalue weighted by molar-refractivity contribution is 0.759. The van der Waals surface area contributed by atoms with E-state index in [9.17, 15) is 0 Å². The second-order valence-corrected chi connectivity index (χ2v) is 2.57. The van der Waals surface area contributed by atoms with Crippen molar-refractivity contribution in [2.75, 3.05) is 5.32 Å². The van der Waals surface area contributed by atoms with Crippen molar-refractivity contribution in [2.24, 2.45) is 0 Å². The van der Waals surface area contributed by atoms with Gasteiger partial charge in [0.15, 0.2) is 0 Å². The molecular weight excluding hydrogens is 150 g/mol. The summed E-state index contributed by atoms with van der Waals surface area (Å²) in [5, 5.41) is 3.11. The average molecular weight is 163 g/mol. The minimum atomic E-state index is 0.0256. The summed E-state index contributed by atoms with van der Waals surface area (Å²) in [4.78, 5) is 4.13. The predicted octanol–water partition coefficient (Wildman–Crippen LogP) is 1.34. The summed E-state index contributed by atoms with van der Waals surface area (Å²) in [5.41, 5.74) is 0. The fourth-order valence-corrected chi connectivity index (χ4v) is 0.940. The highest BCUT2D eigenvalue weighted by atomic mass is 15.2. The topological polar surface area (TPSA) is 29.9 Å². The van der Waals surface area contributed by atoms with Gasteiger partial charge in [0.2, 0.25) is 5.95 Å². The Hall–Kier alpha value is -1.43. The highest BCUT2D eigenvalue weighted by Gasteiger charge is 2.02. The molecule has 64 valence electrons. The largest absolute Gasteiger partial charge is 0.342 e. The third-order valence-corrected chi connectivity index (χ3v) is 1.65. The number of aromatic nitrogens is 2. The van der Waals surface area contributed by atoms with Crippen LogP contribution in [0.2, 0.25) is 0 Å². The molecule has 0 amide bonds. The highest BCUT2D eigenvalue weighted by Crippen LogP contribution is 2.04. The molecule has 0 aliphatic heterocycles. The molecule has 1 aromatic rings. The summed E-state index contributed by atoms with van der Waals surface area (Å²) in [5.74, 6) is 3.43. The normalized spacial score (nSPS) is 12.1. The van der Waals surface area contributed by atoms with Crippen molar-refractivity contribution in [3.05, 3.63) is 12.4 Å². The van der Waals surface area contributed by atoms with Crippen molar-refractivity contribution >= 4 is 5.95 Å². The van der Waals surface area contributed by atoms with Crippen LogP contribution in [0.3, 0.4) is 0 Å². The van der Waals surface area contributed by atoms with E-state index in [1.807, 2.05) is 17.7 Å². The van der Waals surface area contributed by atoms with Crippen molar-refractivity contribution in [2.45, 2.75) is 26.4 Å². The first-order valence-corrected chi connectivity index (χ1v) is 4.01. The van der Waals surface area contributed by atoms with E-state index in [1.54, 1.807) is 6.20 Å². The van der Waals surface area contributed by atoms with Gasteiger partial charge in [-0.1, -0.05) is 5.92 Å². The summed E-state index contributed by atoms with van der Waals surface area (Å²) in [6, 6.07) is 0.0256. The molecule has 0 aliphatic rings. The molecule has 0 aliphatic carbocycles. The van der Waals surface area contributed by atoms with Gasteiger partial charge >= 0.3 is 0 Å². The molecule has 0 bridgehead atoms. The third-order valence-electron chi connectivity index (χ3n) is 1.65. The summed E-state index contributed by atoms with van der Waals surface area (Å²) in [7, 11) is 0. The first-order valence-electron chi connectivity index (χ1n) is 4.01. The van der Waals surface area contributed by atoms with Crippen LogP contribution in [0.4, 0.5) is 5.95 Å². The maximum absolute atomic E-state index is 5.23. The van der Waals surface area contributed by atoms with E-state index in [0.29, 0.717) is 0 Å². The van der Waals surface area contributed by atoms with Crippen LogP contribution in [0, 0.1) is 12.3 Å². The van der Waals surface area contributed by atoms with Crippen LogP contribution in [-0.2, 0) is 6.54 Å². The zero-order valence-electron chi connectivity index (χ0n) is 7.41. The Bertz CT molecular complexity index is 282. The highest BCUT2D eigenvalue weighted by molar-refractivity contribution is 5.30. The summed E-state index contributed by atoms with van der Waals surface area (Å²) in [6.45, 7) is 4.89. The standard InChI is InChI=1S/C9H13N3/c1-4-8(3)11-9-10-6-7-12(9)5-2/h1,6-8H,5H2,2-3H3,(H,10,11). The maximum Gasteiger partial charge on any atom is 0.203 e. The fourth-order valence-electron chi connectivity index (χ4n) is 0.940. The van der Waals surface area contributed by atoms with E-state index in [2.05, 4.69) is 23.1 Å². The molecule has 1 N–H and O–H groups in total. The number of imidazole rings is 1. The number of nitrogens with one attached hydrogen (secondary N) is 1. The zero-order chi connectivity index (χ0) is 8.97. The monoisotopic (exact) mass is 163 g/mol. The van der Waals surface area contributed by atoms with Gasteiger partial charge < -0.3 is 9.88 Å². The molecule has 1 unspecified atom stereocenters. The van der Waals surface area contributed by atoms with E-state index < -0.39 is 0 Å². The van der Waals surface area contributed by atoms with Crippen LogP contribution < -0.4 is 5.32 Å². The molecule has 3 nitrogen and oxygen atoms in total. The second kappa shape index (κ2) is 3.82. The molecule has 12 heavy (non-hydrogen) atoms. The molecule has 1 atom stereocenters. The Morgan fingerprint density at radius 2 is 2.58 bits per heavy atom. The van der Waals surface area contributed by atoms with Crippen molar-refractivity contribution in [1.82, 2.24) is 9.55 Å². The number of hydrogen-bond donors (Lipinski definition) is 1. The molecular formula is C9H13N3. The van der Waals surface area contributed by atoms with Crippen molar-refractivity contribution in [3.8, 4) is 12.3 Å². The number of terminal acetylenes is 1. The molecule has 0 aromatic carbocycles. The predicted molar refractivity (Wildman–Crippen MR) is 49.8 cm³/mol. The number of anilines is 1. The summed E-state index contributed by atoms with van der Waals surface area (Å²) >= 11 is 0. The van der Waals surface area contributed by atoms with E-state index in [-0.39, 0.29) is 6.04 Å². The fraction of sp³-hybridized carbons (Fsp3) is 0.444. The number of hydrogen-bond acceptors (Lipinski definition) is 2. The van der Waals surface area contributed by atoms with Crippen LogP contribution in [0.1, 0.15) is 13.8 Å². The van der Waals surface area contributed by atoms with E-state index in [1.165, 1.54) is 0 Å². The quantitative estimate of drug-likeness (QED) is 0.681. The zero-order valence-corrected chi connectivity index (χ0v) is 7.41. The van der Waals surface area contributed by atoms with E-state index in [0.717, 1.165) is 12.5 Å². The first-order chi connectivity index (χ1) is 5.77. The molecule has 0 spiro atoms. The van der Waals surface area contributed by atoms with Gasteiger partial charge in [-0.25, -0.2) is 4.98 Å². The van der Waals surface area contributed by atoms with Gasteiger partial charge in [0.05, 0.1) is 6.04 Å². The van der Waals surface area contributed by atoms with Gasteiger partial charge in [-0.3, -0.25) is 0 Å².